The van der Waals surface area contributed by atoms with E-state index in [4.69, 9.17) is 4.74 Å². The standard InChI is InChI=1S/C49H42BNO/c1-31-16-13-17-32(2)46(31)36-20-15-21-37(47-33(3)18-14-19-34(47)4)48(36)50-40-24-9-12-27-44(40)52-45-30-35(28-29-41(45)50)51-42-25-10-7-22-38(42)49(5,6)39-23-8-11-26-43(39)51/h7-30H,1-6H3. The first-order valence-electron chi connectivity index (χ1n) is 18.4. The zero-order chi connectivity index (χ0) is 35.7. The Kier molecular flexibility index (Phi) is 7.52. The third-order valence-corrected chi connectivity index (χ3v) is 11.5. The minimum absolute atomic E-state index is 0.0573. The van der Waals surface area contributed by atoms with Gasteiger partial charge < -0.3 is 9.64 Å². The Morgan fingerprint density at radius 3 is 1.54 bits per heavy atom. The highest BCUT2D eigenvalue weighted by Gasteiger charge is 2.39. The summed E-state index contributed by atoms with van der Waals surface area (Å²) in [4.78, 5) is 2.42. The van der Waals surface area contributed by atoms with E-state index in [-0.39, 0.29) is 12.1 Å². The van der Waals surface area contributed by atoms with Crippen LogP contribution in [0.5, 0.6) is 11.5 Å². The molecule has 0 unspecified atom stereocenters. The molecule has 0 aromatic heterocycles. The molecule has 9 rings (SSSR count). The molecule has 0 saturated heterocycles. The Bertz CT molecular complexity index is 2390. The number of aryl methyl sites for hydroxylation is 4. The quantitative estimate of drug-likeness (QED) is 0.173. The van der Waals surface area contributed by atoms with Crippen LogP contribution in [0.4, 0.5) is 17.1 Å². The number of hydrogen-bond acceptors (Lipinski definition) is 2. The lowest BCUT2D eigenvalue weighted by atomic mass is 9.34. The van der Waals surface area contributed by atoms with Crippen LogP contribution >= 0.6 is 0 Å². The number of benzene rings is 7. The van der Waals surface area contributed by atoms with E-state index in [0.717, 1.165) is 17.2 Å². The second kappa shape index (κ2) is 12.2. The first kappa shape index (κ1) is 32.1. The van der Waals surface area contributed by atoms with E-state index in [1.807, 2.05) is 0 Å². The number of anilines is 3. The molecule has 0 atom stereocenters. The molecular formula is C49H42BNO. The molecule has 7 aromatic rings. The second-order valence-corrected chi connectivity index (χ2v) is 15.1. The summed E-state index contributed by atoms with van der Waals surface area (Å²) in [5.74, 6) is 1.80. The maximum absolute atomic E-state index is 6.94. The maximum atomic E-state index is 6.94. The van der Waals surface area contributed by atoms with Gasteiger partial charge in [0.2, 0.25) is 0 Å². The Labute approximate surface area is 308 Å². The minimum atomic E-state index is -0.125. The fraction of sp³-hybridized carbons (Fsp3) is 0.143. The molecule has 0 saturated carbocycles. The van der Waals surface area contributed by atoms with Crippen molar-refractivity contribution in [3.8, 4) is 33.8 Å². The summed E-state index contributed by atoms with van der Waals surface area (Å²) in [6, 6.07) is 53.4. The van der Waals surface area contributed by atoms with Crippen molar-refractivity contribution in [1.82, 2.24) is 0 Å². The van der Waals surface area contributed by atoms with Crippen LogP contribution in [-0.4, -0.2) is 6.71 Å². The lowest BCUT2D eigenvalue weighted by Crippen LogP contribution is -2.56. The molecule has 52 heavy (non-hydrogen) atoms. The molecule has 0 N–H and O–H groups in total. The van der Waals surface area contributed by atoms with Gasteiger partial charge >= 0.3 is 0 Å². The van der Waals surface area contributed by atoms with Crippen molar-refractivity contribution in [2.75, 3.05) is 4.90 Å². The fourth-order valence-corrected chi connectivity index (χ4v) is 9.14. The number of rotatable bonds is 4. The van der Waals surface area contributed by atoms with Gasteiger partial charge in [0.25, 0.3) is 6.71 Å². The van der Waals surface area contributed by atoms with Crippen molar-refractivity contribution in [3.05, 3.63) is 179 Å². The summed E-state index contributed by atoms with van der Waals surface area (Å²) < 4.78 is 6.94. The number of nitrogens with zero attached hydrogens (tertiary/aromatic N) is 1. The number of para-hydroxylation sites is 3. The normalized spacial score (nSPS) is 13.8. The molecule has 2 aliphatic heterocycles. The lowest BCUT2D eigenvalue weighted by molar-refractivity contribution is 0.487. The highest BCUT2D eigenvalue weighted by atomic mass is 16.5. The number of hydrogen-bond donors (Lipinski definition) is 0. The third kappa shape index (κ3) is 4.87. The number of fused-ring (bicyclic) bond motifs is 4. The molecule has 2 heterocycles. The van der Waals surface area contributed by atoms with Gasteiger partial charge in [0.15, 0.2) is 0 Å². The van der Waals surface area contributed by atoms with E-state index >= 15 is 0 Å². The Morgan fingerprint density at radius 2 is 0.962 bits per heavy atom. The van der Waals surface area contributed by atoms with Crippen LogP contribution < -0.4 is 26.0 Å². The van der Waals surface area contributed by atoms with Crippen molar-refractivity contribution < 1.29 is 4.74 Å². The van der Waals surface area contributed by atoms with E-state index in [9.17, 15) is 0 Å². The van der Waals surface area contributed by atoms with Crippen LogP contribution in [0.2, 0.25) is 0 Å². The van der Waals surface area contributed by atoms with Gasteiger partial charge in [-0.3, -0.25) is 0 Å². The molecule has 3 heteroatoms. The summed E-state index contributed by atoms with van der Waals surface area (Å²) in [6.45, 7) is 13.6. The third-order valence-electron chi connectivity index (χ3n) is 11.5. The van der Waals surface area contributed by atoms with Gasteiger partial charge in [-0.15, -0.1) is 0 Å². The van der Waals surface area contributed by atoms with Crippen molar-refractivity contribution in [2.24, 2.45) is 0 Å². The fourth-order valence-electron chi connectivity index (χ4n) is 9.14. The Hall–Kier alpha value is -5.80. The van der Waals surface area contributed by atoms with Crippen LogP contribution in [0, 0.1) is 27.7 Å². The lowest BCUT2D eigenvalue weighted by Gasteiger charge is -2.42. The Balaban J connectivity index is 1.32. The molecule has 0 bridgehead atoms. The molecule has 0 fully saturated rings. The van der Waals surface area contributed by atoms with Gasteiger partial charge in [0.1, 0.15) is 11.5 Å². The predicted molar refractivity (Wildman–Crippen MR) is 221 cm³/mol. The van der Waals surface area contributed by atoms with Gasteiger partial charge in [0.05, 0.1) is 11.4 Å². The average Bonchev–Trinajstić information content (AvgIpc) is 3.14. The molecule has 0 radical (unpaired) electrons. The highest BCUT2D eigenvalue weighted by Crippen LogP contribution is 2.52. The van der Waals surface area contributed by atoms with Crippen molar-refractivity contribution in [3.63, 3.8) is 0 Å². The van der Waals surface area contributed by atoms with Gasteiger partial charge in [-0.25, -0.2) is 0 Å². The molecule has 7 aromatic carbocycles. The zero-order valence-electron chi connectivity index (χ0n) is 30.8. The number of ether oxygens (including phenoxy) is 1. The summed E-state index contributed by atoms with van der Waals surface area (Å²) in [5, 5.41) is 0. The van der Waals surface area contributed by atoms with Gasteiger partial charge in [-0.1, -0.05) is 135 Å². The zero-order valence-corrected chi connectivity index (χ0v) is 30.8. The minimum Gasteiger partial charge on any atom is -0.458 e. The van der Waals surface area contributed by atoms with E-state index in [0.29, 0.717) is 0 Å². The summed E-state index contributed by atoms with van der Waals surface area (Å²) >= 11 is 0. The van der Waals surface area contributed by atoms with E-state index in [1.165, 1.54) is 83.4 Å². The molecule has 2 aliphatic rings. The van der Waals surface area contributed by atoms with Crippen LogP contribution in [0.1, 0.15) is 47.2 Å². The smallest absolute Gasteiger partial charge is 0.252 e. The second-order valence-electron chi connectivity index (χ2n) is 15.1. The molecule has 0 spiro atoms. The summed E-state index contributed by atoms with van der Waals surface area (Å²) in [7, 11) is 0. The molecule has 2 nitrogen and oxygen atoms in total. The van der Waals surface area contributed by atoms with Gasteiger partial charge in [-0.2, -0.15) is 0 Å². The van der Waals surface area contributed by atoms with E-state index in [2.05, 4.69) is 192 Å². The van der Waals surface area contributed by atoms with Crippen LogP contribution in [0.3, 0.4) is 0 Å². The predicted octanol–water partition coefficient (Wildman–Crippen LogP) is 11.0. The van der Waals surface area contributed by atoms with Crippen molar-refractivity contribution in [1.29, 1.82) is 0 Å². The Morgan fingerprint density at radius 1 is 0.481 bits per heavy atom. The highest BCUT2D eigenvalue weighted by molar-refractivity contribution is 6.98. The monoisotopic (exact) mass is 671 g/mol. The molecular weight excluding hydrogens is 629 g/mol. The average molecular weight is 672 g/mol. The summed E-state index contributed by atoms with van der Waals surface area (Å²) in [6.07, 6.45) is 0. The molecule has 252 valence electrons. The summed E-state index contributed by atoms with van der Waals surface area (Å²) in [5.41, 5.74) is 19.9. The van der Waals surface area contributed by atoms with E-state index in [1.54, 1.807) is 0 Å². The van der Waals surface area contributed by atoms with Crippen LogP contribution in [-0.2, 0) is 5.41 Å². The first-order valence-corrected chi connectivity index (χ1v) is 18.4. The van der Waals surface area contributed by atoms with E-state index < -0.39 is 0 Å². The van der Waals surface area contributed by atoms with Crippen LogP contribution in [0.25, 0.3) is 22.3 Å². The van der Waals surface area contributed by atoms with Crippen molar-refractivity contribution in [2.45, 2.75) is 47.0 Å². The molecule has 0 aliphatic carbocycles. The van der Waals surface area contributed by atoms with Crippen LogP contribution in [0.15, 0.2) is 146 Å². The molecule has 0 amide bonds. The first-order chi connectivity index (χ1) is 25.2. The largest absolute Gasteiger partial charge is 0.458 e. The van der Waals surface area contributed by atoms with Crippen molar-refractivity contribution >= 4 is 40.2 Å². The SMILES string of the molecule is Cc1cccc(C)c1-c1cccc(-c2c(C)cccc2C)c1B1c2ccccc2Oc2cc(N3c4ccccc4C(C)(C)c4ccccc43)ccc21. The maximum Gasteiger partial charge on any atom is 0.252 e. The van der Waals surface area contributed by atoms with Gasteiger partial charge in [0, 0.05) is 17.2 Å². The van der Waals surface area contributed by atoms with Gasteiger partial charge in [-0.05, 0) is 119 Å². The topological polar surface area (TPSA) is 12.5 Å².